The van der Waals surface area contributed by atoms with Crippen molar-refractivity contribution in [2.75, 3.05) is 37.4 Å². The number of rotatable bonds is 9. The molecule has 0 fully saturated rings. The average Bonchev–Trinajstić information content (AvgIpc) is 3.06. The molecule has 0 unspecified atom stereocenters. The molecule has 2 aromatic rings. The fraction of sp³-hybridized carbons (Fsp3) is 0.318. The molecule has 3 N–H and O–H groups in total. The summed E-state index contributed by atoms with van der Waals surface area (Å²) in [4.78, 5) is 24.6. The highest BCUT2D eigenvalue weighted by molar-refractivity contribution is 7.07. The standard InChI is InChI=1S/C22H25N5O3S/c1-4-24-21(28)16(15-23)13-20-27(5-2)22(29)19(31-20)9-10-25-17-7-6-8-18(14-17)26-11-12-30-3/h6-8,10,14,25-26H,4-5,11-12H2,1-3H3,(H,24,28). The van der Waals surface area contributed by atoms with E-state index in [0.717, 1.165) is 22.7 Å². The van der Waals surface area contributed by atoms with Gasteiger partial charge in [-0.3, -0.25) is 14.2 Å². The van der Waals surface area contributed by atoms with Crippen LogP contribution in [-0.4, -0.2) is 37.3 Å². The first-order valence-electron chi connectivity index (χ1n) is 9.77. The minimum absolute atomic E-state index is 0.170. The van der Waals surface area contributed by atoms with E-state index in [1.807, 2.05) is 37.3 Å². The maximum Gasteiger partial charge on any atom is 0.277 e. The topological polar surface area (TPSA) is 108 Å². The van der Waals surface area contributed by atoms with Crippen LogP contribution in [0.3, 0.4) is 0 Å². The van der Waals surface area contributed by atoms with Crippen molar-refractivity contribution in [3.05, 3.63) is 55.6 Å². The van der Waals surface area contributed by atoms with Crippen LogP contribution in [0.2, 0.25) is 0 Å². The van der Waals surface area contributed by atoms with Crippen molar-refractivity contribution in [2.24, 2.45) is 0 Å². The number of methoxy groups -OCH3 is 1. The quantitative estimate of drug-likeness (QED) is 0.305. The van der Waals surface area contributed by atoms with Crippen molar-refractivity contribution in [3.63, 3.8) is 0 Å². The summed E-state index contributed by atoms with van der Waals surface area (Å²) in [7, 11) is 1.65. The first kappa shape index (κ1) is 23.7. The normalized spacial score (nSPS) is 9.74. The molecule has 0 saturated heterocycles. The number of ether oxygens (including phenoxy) is 1. The van der Waals surface area contributed by atoms with Gasteiger partial charge in [-0.2, -0.15) is 5.26 Å². The highest BCUT2D eigenvalue weighted by Gasteiger charge is 2.08. The summed E-state index contributed by atoms with van der Waals surface area (Å²) in [5.74, 6) is -0.518. The summed E-state index contributed by atoms with van der Waals surface area (Å²) >= 11 is 1.12. The summed E-state index contributed by atoms with van der Waals surface area (Å²) in [5, 5.41) is 18.1. The fourth-order valence-corrected chi connectivity index (χ4v) is 3.56. The number of carbonyl (C=O) groups excluding carboxylic acids is 1. The number of nitrogens with zero attached hydrogens (tertiary/aromatic N) is 2. The van der Waals surface area contributed by atoms with Gasteiger partial charge in [-0.05, 0) is 32.0 Å². The van der Waals surface area contributed by atoms with Gasteiger partial charge in [-0.1, -0.05) is 28.9 Å². The number of likely N-dealkylation sites (N-methyl/N-ethyl adjacent to an activating group) is 1. The second kappa shape index (κ2) is 12.2. The molecule has 31 heavy (non-hydrogen) atoms. The molecule has 0 aliphatic heterocycles. The van der Waals surface area contributed by atoms with E-state index < -0.39 is 5.91 Å². The number of aromatic nitrogens is 1. The summed E-state index contributed by atoms with van der Waals surface area (Å²) < 4.78 is 7.23. The van der Waals surface area contributed by atoms with Crippen LogP contribution in [0.4, 0.5) is 11.4 Å². The van der Waals surface area contributed by atoms with Crippen molar-refractivity contribution in [1.29, 1.82) is 5.26 Å². The van der Waals surface area contributed by atoms with Crippen molar-refractivity contribution in [1.82, 2.24) is 9.88 Å². The second-order valence-corrected chi connectivity index (χ2v) is 7.19. The summed E-state index contributed by atoms with van der Waals surface area (Å²) in [6.45, 7) is 5.65. The molecule has 162 valence electrons. The molecule has 0 aliphatic rings. The van der Waals surface area contributed by atoms with E-state index in [0.29, 0.717) is 35.4 Å². The summed E-state index contributed by atoms with van der Waals surface area (Å²) in [6.07, 6.45) is 1.56. The predicted octanol–water partition coefficient (Wildman–Crippen LogP) is 0.959. The maximum atomic E-state index is 12.6. The number of thiazole rings is 1. The number of anilines is 2. The van der Waals surface area contributed by atoms with Crippen LogP contribution in [-0.2, 0) is 16.1 Å². The zero-order chi connectivity index (χ0) is 22.6. The highest BCUT2D eigenvalue weighted by atomic mass is 32.1. The lowest BCUT2D eigenvalue weighted by Crippen LogP contribution is -2.30. The number of hydrogen-bond donors (Lipinski definition) is 3. The fourth-order valence-electron chi connectivity index (χ4n) is 2.57. The molecule has 0 atom stereocenters. The lowest BCUT2D eigenvalue weighted by atomic mass is 10.3. The van der Waals surface area contributed by atoms with Crippen molar-refractivity contribution < 1.29 is 9.53 Å². The highest BCUT2D eigenvalue weighted by Crippen LogP contribution is 2.14. The second-order valence-electron chi connectivity index (χ2n) is 6.19. The van der Waals surface area contributed by atoms with Gasteiger partial charge in [0.1, 0.15) is 15.3 Å². The number of benzene rings is 1. The molecule has 2 rings (SSSR count). The molecular formula is C22H25N5O3S. The molecule has 0 radical (unpaired) electrons. The number of amides is 1. The van der Waals surface area contributed by atoms with Gasteiger partial charge in [0.15, 0.2) is 5.57 Å². The minimum Gasteiger partial charge on any atom is -0.383 e. The molecular weight excluding hydrogens is 414 g/mol. The Balaban J connectivity index is 2.40. The van der Waals surface area contributed by atoms with Gasteiger partial charge < -0.3 is 20.7 Å². The van der Waals surface area contributed by atoms with E-state index in [-0.39, 0.29) is 11.1 Å². The maximum absolute atomic E-state index is 12.6. The van der Waals surface area contributed by atoms with Crippen LogP contribution in [0.5, 0.6) is 0 Å². The van der Waals surface area contributed by atoms with Crippen LogP contribution in [0, 0.1) is 11.3 Å². The molecule has 0 aliphatic carbocycles. The van der Waals surface area contributed by atoms with E-state index in [9.17, 15) is 14.9 Å². The number of nitriles is 1. The summed E-state index contributed by atoms with van der Waals surface area (Å²) in [5.41, 5.74) is 7.06. The van der Waals surface area contributed by atoms with Crippen molar-refractivity contribution in [3.8, 4) is 6.07 Å². The van der Waals surface area contributed by atoms with Gasteiger partial charge in [0.25, 0.3) is 11.5 Å². The number of nitrogens with one attached hydrogen (secondary N) is 3. The third kappa shape index (κ3) is 6.75. The Hall–Kier alpha value is -3.53. The van der Waals surface area contributed by atoms with Gasteiger partial charge in [0.05, 0.1) is 6.61 Å². The zero-order valence-corrected chi connectivity index (χ0v) is 18.6. The van der Waals surface area contributed by atoms with Gasteiger partial charge >= 0.3 is 0 Å². The monoisotopic (exact) mass is 439 g/mol. The van der Waals surface area contributed by atoms with Crippen LogP contribution < -0.4 is 30.7 Å². The molecule has 1 aromatic carbocycles. The van der Waals surface area contributed by atoms with Crippen LogP contribution >= 0.6 is 11.3 Å². The van der Waals surface area contributed by atoms with E-state index in [4.69, 9.17) is 4.74 Å². The zero-order valence-electron chi connectivity index (χ0n) is 17.7. The van der Waals surface area contributed by atoms with Crippen molar-refractivity contribution in [2.45, 2.75) is 20.4 Å². The lowest BCUT2D eigenvalue weighted by molar-refractivity contribution is -0.116. The Kier molecular flexibility index (Phi) is 9.37. The molecule has 0 saturated carbocycles. The molecule has 1 aromatic heterocycles. The van der Waals surface area contributed by atoms with Crippen LogP contribution in [0.25, 0.3) is 11.5 Å². The molecule has 1 heterocycles. The van der Waals surface area contributed by atoms with Crippen LogP contribution in [0.15, 0.2) is 40.8 Å². The SMILES string of the molecule is CCNC(=O)C(=C=c1sc(=C=CNc2cccc(NCCOC)c2)c(=O)n1CC)C#N. The van der Waals surface area contributed by atoms with E-state index in [2.05, 4.69) is 27.4 Å². The van der Waals surface area contributed by atoms with Gasteiger partial charge in [0, 0.05) is 44.3 Å². The van der Waals surface area contributed by atoms with E-state index in [1.165, 1.54) is 4.57 Å². The van der Waals surface area contributed by atoms with Gasteiger partial charge in [-0.15, -0.1) is 0 Å². The lowest BCUT2D eigenvalue weighted by Gasteiger charge is -2.07. The predicted molar refractivity (Wildman–Crippen MR) is 123 cm³/mol. The third-order valence-corrected chi connectivity index (χ3v) is 5.06. The number of hydrogen-bond acceptors (Lipinski definition) is 7. The molecule has 0 bridgehead atoms. The Morgan fingerprint density at radius 3 is 2.77 bits per heavy atom. The van der Waals surface area contributed by atoms with Gasteiger partial charge in [0.2, 0.25) is 0 Å². The van der Waals surface area contributed by atoms with E-state index >= 15 is 0 Å². The average molecular weight is 440 g/mol. The van der Waals surface area contributed by atoms with Crippen molar-refractivity contribution >= 4 is 40.1 Å². The molecule has 1 amide bonds. The molecule has 8 nitrogen and oxygen atoms in total. The molecule has 9 heteroatoms. The Labute approximate surface area is 184 Å². The smallest absolute Gasteiger partial charge is 0.277 e. The first-order valence-corrected chi connectivity index (χ1v) is 10.6. The first-order chi connectivity index (χ1) is 15.0. The largest absolute Gasteiger partial charge is 0.383 e. The third-order valence-electron chi connectivity index (χ3n) is 4.05. The Morgan fingerprint density at radius 2 is 2.10 bits per heavy atom. The molecule has 0 spiro atoms. The summed E-state index contributed by atoms with van der Waals surface area (Å²) in [6, 6.07) is 9.51. The Morgan fingerprint density at radius 1 is 1.32 bits per heavy atom. The van der Waals surface area contributed by atoms with Crippen LogP contribution in [0.1, 0.15) is 13.8 Å². The van der Waals surface area contributed by atoms with E-state index in [1.54, 1.807) is 20.2 Å². The Bertz CT molecular complexity index is 1210. The minimum atomic E-state index is -0.518. The van der Waals surface area contributed by atoms with Gasteiger partial charge in [-0.25, -0.2) is 0 Å². The number of carbonyl (C=O) groups is 1.